The number of aromatic nitrogens is 3. The van der Waals surface area contributed by atoms with Gasteiger partial charge in [0.25, 0.3) is 10.0 Å². The number of hydrogen-bond donors (Lipinski definition) is 2. The standard InChI is InChI=1S/C17H15F2N5O2S/c1-10-12(7-16(18)19)8-22-17(23-10)24-27(25,26)15-9-21-14-6-11(4-5-20)2-3-13(14)15/h2-3,6,8-9,16,21H,4,7H2,1H3,(H,22,23,24). The Kier molecular flexibility index (Phi) is 5.05. The van der Waals surface area contributed by atoms with Gasteiger partial charge in [0.2, 0.25) is 12.4 Å². The normalized spacial score (nSPS) is 11.7. The van der Waals surface area contributed by atoms with Crippen molar-refractivity contribution in [3.63, 3.8) is 0 Å². The van der Waals surface area contributed by atoms with E-state index < -0.39 is 22.9 Å². The Labute approximate surface area is 154 Å². The number of aryl methyl sites for hydroxylation is 1. The van der Waals surface area contributed by atoms with Gasteiger partial charge in [-0.05, 0) is 24.1 Å². The van der Waals surface area contributed by atoms with Crippen LogP contribution >= 0.6 is 0 Å². The molecule has 3 rings (SSSR count). The molecule has 0 aliphatic carbocycles. The summed E-state index contributed by atoms with van der Waals surface area (Å²) >= 11 is 0. The predicted molar refractivity (Wildman–Crippen MR) is 94.9 cm³/mol. The third kappa shape index (κ3) is 4.03. The molecule has 0 unspecified atom stereocenters. The third-order valence-corrected chi connectivity index (χ3v) is 5.33. The Morgan fingerprint density at radius 1 is 1.37 bits per heavy atom. The number of hydrogen-bond acceptors (Lipinski definition) is 5. The highest BCUT2D eigenvalue weighted by molar-refractivity contribution is 7.93. The van der Waals surface area contributed by atoms with Gasteiger partial charge in [-0.15, -0.1) is 0 Å². The van der Waals surface area contributed by atoms with Crippen LogP contribution in [0, 0.1) is 18.3 Å². The van der Waals surface area contributed by atoms with Gasteiger partial charge in [-0.1, -0.05) is 12.1 Å². The molecule has 2 aromatic heterocycles. The van der Waals surface area contributed by atoms with Crippen LogP contribution in [0.1, 0.15) is 16.8 Å². The van der Waals surface area contributed by atoms with E-state index in [1.807, 2.05) is 6.07 Å². The minimum absolute atomic E-state index is 0.00100. The number of benzene rings is 1. The molecule has 3 aromatic rings. The lowest BCUT2D eigenvalue weighted by Crippen LogP contribution is -2.15. The lowest BCUT2D eigenvalue weighted by molar-refractivity contribution is 0.148. The molecule has 0 aliphatic rings. The molecule has 0 spiro atoms. The molecule has 7 nitrogen and oxygen atoms in total. The largest absolute Gasteiger partial charge is 0.360 e. The summed E-state index contributed by atoms with van der Waals surface area (Å²) in [5, 5.41) is 9.21. The van der Waals surface area contributed by atoms with Gasteiger partial charge in [-0.25, -0.2) is 31.9 Å². The van der Waals surface area contributed by atoms with Crippen molar-refractivity contribution >= 4 is 26.9 Å². The van der Waals surface area contributed by atoms with Crippen molar-refractivity contribution < 1.29 is 17.2 Å². The van der Waals surface area contributed by atoms with Crippen molar-refractivity contribution in [1.29, 1.82) is 5.26 Å². The number of alkyl halides is 2. The molecule has 0 saturated heterocycles. The highest BCUT2D eigenvalue weighted by Gasteiger charge is 2.21. The maximum Gasteiger partial charge on any atom is 0.266 e. The second kappa shape index (κ2) is 7.28. The fraction of sp³-hybridized carbons (Fsp3) is 0.235. The zero-order valence-corrected chi connectivity index (χ0v) is 15.0. The van der Waals surface area contributed by atoms with Crippen LogP contribution in [-0.2, 0) is 22.9 Å². The van der Waals surface area contributed by atoms with Gasteiger partial charge in [0.05, 0.1) is 12.5 Å². The summed E-state index contributed by atoms with van der Waals surface area (Å²) in [6.45, 7) is 1.51. The van der Waals surface area contributed by atoms with Crippen LogP contribution in [0.15, 0.2) is 35.5 Å². The lowest BCUT2D eigenvalue weighted by atomic mass is 10.1. The molecule has 0 fully saturated rings. The summed E-state index contributed by atoms with van der Waals surface area (Å²) < 4.78 is 52.6. The highest BCUT2D eigenvalue weighted by Crippen LogP contribution is 2.25. The number of nitrogens with zero attached hydrogens (tertiary/aromatic N) is 3. The number of rotatable bonds is 6. The highest BCUT2D eigenvalue weighted by atomic mass is 32.2. The zero-order valence-electron chi connectivity index (χ0n) is 14.2. The summed E-state index contributed by atoms with van der Waals surface area (Å²) in [5.74, 6) is -0.194. The zero-order chi connectivity index (χ0) is 19.6. The SMILES string of the molecule is Cc1nc(NS(=O)(=O)c2c[nH]c3cc(CC#N)ccc23)ncc1CC(F)F. The first-order valence-electron chi connectivity index (χ1n) is 7.90. The topological polar surface area (TPSA) is 112 Å². The van der Waals surface area contributed by atoms with Gasteiger partial charge in [-0.2, -0.15) is 5.26 Å². The number of nitriles is 1. The predicted octanol–water partition coefficient (Wildman–Crippen LogP) is 2.94. The molecular formula is C17H15F2N5O2S. The van der Waals surface area contributed by atoms with Crippen molar-refractivity contribution in [3.05, 3.63) is 47.4 Å². The van der Waals surface area contributed by atoms with Crippen molar-refractivity contribution in [2.75, 3.05) is 4.72 Å². The molecule has 0 atom stereocenters. The van der Waals surface area contributed by atoms with E-state index in [1.165, 1.54) is 19.3 Å². The molecule has 2 N–H and O–H groups in total. The van der Waals surface area contributed by atoms with Gasteiger partial charge >= 0.3 is 0 Å². The molecule has 140 valence electrons. The van der Waals surface area contributed by atoms with Crippen LogP contribution < -0.4 is 4.72 Å². The lowest BCUT2D eigenvalue weighted by Gasteiger charge is -2.09. The Morgan fingerprint density at radius 2 is 2.15 bits per heavy atom. The van der Waals surface area contributed by atoms with Crippen LogP contribution in [0.4, 0.5) is 14.7 Å². The van der Waals surface area contributed by atoms with Crippen molar-refractivity contribution in [3.8, 4) is 6.07 Å². The number of H-pyrrole nitrogens is 1. The van der Waals surface area contributed by atoms with E-state index in [-0.39, 0.29) is 28.5 Å². The molecule has 0 bridgehead atoms. The third-order valence-electron chi connectivity index (χ3n) is 3.96. The summed E-state index contributed by atoms with van der Waals surface area (Å²) in [4.78, 5) is 10.7. The van der Waals surface area contributed by atoms with E-state index in [2.05, 4.69) is 19.7 Å². The van der Waals surface area contributed by atoms with Crippen molar-refractivity contribution in [2.24, 2.45) is 0 Å². The average Bonchev–Trinajstić information content (AvgIpc) is 3.01. The fourth-order valence-corrected chi connectivity index (χ4v) is 3.78. The van der Waals surface area contributed by atoms with Crippen molar-refractivity contribution in [1.82, 2.24) is 15.0 Å². The monoisotopic (exact) mass is 391 g/mol. The first kappa shape index (κ1) is 18.7. The molecular weight excluding hydrogens is 376 g/mol. The van der Waals surface area contributed by atoms with Gasteiger partial charge in [0, 0.05) is 35.4 Å². The molecule has 2 heterocycles. The molecule has 0 amide bonds. The number of anilines is 1. The van der Waals surface area contributed by atoms with Crippen LogP contribution in [0.2, 0.25) is 0 Å². The number of nitrogens with one attached hydrogen (secondary N) is 2. The van der Waals surface area contributed by atoms with Crippen molar-refractivity contribution in [2.45, 2.75) is 31.1 Å². The molecule has 0 saturated carbocycles. The molecule has 1 aromatic carbocycles. The first-order valence-corrected chi connectivity index (χ1v) is 9.39. The maximum atomic E-state index is 12.7. The van der Waals surface area contributed by atoms with Crippen LogP contribution in [0.3, 0.4) is 0 Å². The van der Waals surface area contributed by atoms with E-state index in [0.717, 1.165) is 5.56 Å². The summed E-state index contributed by atoms with van der Waals surface area (Å²) in [5.41, 5.74) is 1.87. The van der Waals surface area contributed by atoms with E-state index in [4.69, 9.17) is 5.26 Å². The fourth-order valence-electron chi connectivity index (χ4n) is 2.65. The van der Waals surface area contributed by atoms with Gasteiger partial charge in [-0.3, -0.25) is 0 Å². The maximum absolute atomic E-state index is 12.7. The Hall–Kier alpha value is -3.06. The second-order valence-electron chi connectivity index (χ2n) is 5.87. The summed E-state index contributed by atoms with van der Waals surface area (Å²) in [6, 6.07) is 7.03. The quantitative estimate of drug-likeness (QED) is 0.671. The van der Waals surface area contributed by atoms with E-state index in [1.54, 1.807) is 18.2 Å². The van der Waals surface area contributed by atoms with Crippen LogP contribution in [0.25, 0.3) is 10.9 Å². The molecule has 0 aliphatic heterocycles. The van der Waals surface area contributed by atoms with Crippen LogP contribution in [-0.4, -0.2) is 29.8 Å². The molecule has 27 heavy (non-hydrogen) atoms. The number of sulfonamides is 1. The summed E-state index contributed by atoms with van der Waals surface area (Å²) in [6.07, 6.45) is -0.289. The minimum Gasteiger partial charge on any atom is -0.360 e. The van der Waals surface area contributed by atoms with Crippen LogP contribution in [0.5, 0.6) is 0 Å². The number of fused-ring (bicyclic) bond motifs is 1. The van der Waals surface area contributed by atoms with Gasteiger partial charge < -0.3 is 4.98 Å². The van der Waals surface area contributed by atoms with Gasteiger partial charge in [0.15, 0.2) is 0 Å². The summed E-state index contributed by atoms with van der Waals surface area (Å²) in [7, 11) is -3.99. The van der Waals surface area contributed by atoms with E-state index >= 15 is 0 Å². The Morgan fingerprint density at radius 3 is 2.81 bits per heavy atom. The van der Waals surface area contributed by atoms with E-state index in [0.29, 0.717) is 10.9 Å². The molecule has 10 heteroatoms. The number of aromatic amines is 1. The second-order valence-corrected chi connectivity index (χ2v) is 7.52. The molecule has 0 radical (unpaired) electrons. The smallest absolute Gasteiger partial charge is 0.266 e. The first-order chi connectivity index (χ1) is 12.8. The average molecular weight is 391 g/mol. The Balaban J connectivity index is 1.90. The van der Waals surface area contributed by atoms with Gasteiger partial charge in [0.1, 0.15) is 4.90 Å². The van der Waals surface area contributed by atoms with E-state index in [9.17, 15) is 17.2 Å². The Bertz CT molecular complexity index is 1140. The minimum atomic E-state index is -3.99. The number of halogens is 2.